The van der Waals surface area contributed by atoms with E-state index in [9.17, 15) is 9.90 Å². The Kier molecular flexibility index (Phi) is 4.63. The molecule has 29 heavy (non-hydrogen) atoms. The fourth-order valence-corrected chi connectivity index (χ4v) is 4.34. The Morgan fingerprint density at radius 2 is 1.86 bits per heavy atom. The molecule has 6 heteroatoms. The van der Waals surface area contributed by atoms with Gasteiger partial charge in [-0.25, -0.2) is 0 Å². The molecule has 0 amide bonds. The number of rotatable bonds is 5. The third-order valence-electron chi connectivity index (χ3n) is 5.79. The standard InChI is InChI=1S/C23H25NO5/c1-23(2)18-9-15(29-12-13(26)11-25)6-7-16(18)21(27)20-17-8-5-14(28-4)10-19(17)24(3)22(20)23/h5-10,13,25-26H,11-12H2,1-4H3/t13-/m0/s1. The second-order valence-corrected chi connectivity index (χ2v) is 7.97. The van der Waals surface area contributed by atoms with Gasteiger partial charge < -0.3 is 24.3 Å². The number of ketones is 1. The summed E-state index contributed by atoms with van der Waals surface area (Å²) in [5, 5.41) is 19.4. The van der Waals surface area contributed by atoms with Gasteiger partial charge in [-0.15, -0.1) is 0 Å². The van der Waals surface area contributed by atoms with Crippen LogP contribution in [0.3, 0.4) is 0 Å². The average molecular weight is 395 g/mol. The zero-order valence-electron chi connectivity index (χ0n) is 17.0. The van der Waals surface area contributed by atoms with Crippen molar-refractivity contribution in [1.82, 2.24) is 4.57 Å². The number of benzene rings is 2. The molecule has 1 heterocycles. The summed E-state index contributed by atoms with van der Waals surface area (Å²) in [7, 11) is 3.60. The third-order valence-corrected chi connectivity index (χ3v) is 5.79. The molecule has 152 valence electrons. The molecular weight excluding hydrogens is 370 g/mol. The van der Waals surface area contributed by atoms with Crippen molar-refractivity contribution in [3.8, 4) is 11.5 Å². The van der Waals surface area contributed by atoms with E-state index in [4.69, 9.17) is 14.6 Å². The zero-order valence-corrected chi connectivity index (χ0v) is 17.0. The van der Waals surface area contributed by atoms with Crippen LogP contribution in [0.1, 0.15) is 41.0 Å². The maximum Gasteiger partial charge on any atom is 0.195 e. The van der Waals surface area contributed by atoms with Gasteiger partial charge in [0.25, 0.3) is 0 Å². The van der Waals surface area contributed by atoms with Crippen LogP contribution in [0.2, 0.25) is 0 Å². The van der Waals surface area contributed by atoms with Crippen molar-refractivity contribution in [3.05, 3.63) is 58.8 Å². The molecular formula is C23H25NO5. The molecule has 4 rings (SSSR count). The number of hydrogen-bond donors (Lipinski definition) is 2. The van der Waals surface area contributed by atoms with Crippen molar-refractivity contribution >= 4 is 16.7 Å². The summed E-state index contributed by atoms with van der Waals surface area (Å²) in [6.07, 6.45) is -0.944. The van der Waals surface area contributed by atoms with Crippen LogP contribution in [0.15, 0.2) is 36.4 Å². The topological polar surface area (TPSA) is 80.9 Å². The minimum atomic E-state index is -0.944. The Morgan fingerprint density at radius 3 is 2.55 bits per heavy atom. The molecule has 1 aliphatic carbocycles. The number of aryl methyl sites for hydroxylation is 1. The van der Waals surface area contributed by atoms with Crippen LogP contribution in [0.4, 0.5) is 0 Å². The molecule has 1 aromatic heterocycles. The van der Waals surface area contributed by atoms with E-state index < -0.39 is 11.5 Å². The van der Waals surface area contributed by atoms with E-state index in [0.29, 0.717) is 11.3 Å². The summed E-state index contributed by atoms with van der Waals surface area (Å²) < 4.78 is 13.1. The predicted molar refractivity (Wildman–Crippen MR) is 110 cm³/mol. The maximum absolute atomic E-state index is 13.4. The fourth-order valence-electron chi connectivity index (χ4n) is 4.34. The van der Waals surface area contributed by atoms with Gasteiger partial charge in [0.2, 0.25) is 0 Å². The highest BCUT2D eigenvalue weighted by Gasteiger charge is 2.41. The van der Waals surface area contributed by atoms with E-state index in [1.807, 2.05) is 31.3 Å². The number of carbonyl (C=O) groups is 1. The molecule has 0 aliphatic heterocycles. The number of methoxy groups -OCH3 is 1. The molecule has 0 unspecified atom stereocenters. The smallest absolute Gasteiger partial charge is 0.195 e. The van der Waals surface area contributed by atoms with Crippen molar-refractivity contribution in [3.63, 3.8) is 0 Å². The van der Waals surface area contributed by atoms with Gasteiger partial charge in [0, 0.05) is 35.2 Å². The largest absolute Gasteiger partial charge is 0.497 e. The molecule has 0 spiro atoms. The van der Waals surface area contributed by atoms with Crippen LogP contribution in [0.25, 0.3) is 10.9 Å². The number of ether oxygens (including phenoxy) is 2. The molecule has 3 aromatic rings. The van der Waals surface area contributed by atoms with Crippen molar-refractivity contribution in [1.29, 1.82) is 0 Å². The van der Waals surface area contributed by atoms with E-state index >= 15 is 0 Å². The van der Waals surface area contributed by atoms with Crippen LogP contribution in [-0.2, 0) is 12.5 Å². The van der Waals surface area contributed by atoms with Gasteiger partial charge in [0.15, 0.2) is 5.78 Å². The molecule has 6 nitrogen and oxygen atoms in total. The lowest BCUT2D eigenvalue weighted by molar-refractivity contribution is 0.0535. The molecule has 2 N–H and O–H groups in total. The summed E-state index contributed by atoms with van der Waals surface area (Å²) >= 11 is 0. The lowest BCUT2D eigenvalue weighted by atomic mass is 9.71. The van der Waals surface area contributed by atoms with Gasteiger partial charge in [-0.3, -0.25) is 4.79 Å². The normalized spacial score (nSPS) is 15.7. The van der Waals surface area contributed by atoms with E-state index in [-0.39, 0.29) is 19.0 Å². The Hall–Kier alpha value is -2.83. The van der Waals surface area contributed by atoms with Gasteiger partial charge in [-0.1, -0.05) is 13.8 Å². The molecule has 0 fully saturated rings. The number of aromatic nitrogens is 1. The molecule has 0 saturated carbocycles. The quantitative estimate of drug-likeness (QED) is 0.694. The molecule has 2 aromatic carbocycles. The minimum Gasteiger partial charge on any atom is -0.497 e. The number of fused-ring (bicyclic) bond motifs is 4. The van der Waals surface area contributed by atoms with Gasteiger partial charge >= 0.3 is 0 Å². The van der Waals surface area contributed by atoms with Crippen LogP contribution in [-0.4, -0.2) is 47.0 Å². The summed E-state index contributed by atoms with van der Waals surface area (Å²) in [5.41, 5.74) is 3.72. The molecule has 0 saturated heterocycles. The lowest BCUT2D eigenvalue weighted by Crippen LogP contribution is -2.32. The van der Waals surface area contributed by atoms with Gasteiger partial charge in [0.1, 0.15) is 24.2 Å². The summed E-state index contributed by atoms with van der Waals surface area (Å²) in [6, 6.07) is 11.1. The van der Waals surface area contributed by atoms with Crippen molar-refractivity contribution in [2.24, 2.45) is 7.05 Å². The van der Waals surface area contributed by atoms with Crippen molar-refractivity contribution < 1.29 is 24.5 Å². The summed E-state index contributed by atoms with van der Waals surface area (Å²) in [5.74, 6) is 1.30. The number of hydrogen-bond acceptors (Lipinski definition) is 5. The first-order chi connectivity index (χ1) is 13.8. The van der Waals surface area contributed by atoms with Crippen LogP contribution < -0.4 is 9.47 Å². The molecule has 1 aliphatic rings. The fraction of sp³-hybridized carbons (Fsp3) is 0.348. The minimum absolute atomic E-state index is 0.00738. The number of aliphatic hydroxyl groups is 2. The highest BCUT2D eigenvalue weighted by atomic mass is 16.5. The number of aliphatic hydroxyl groups excluding tert-OH is 2. The van der Waals surface area contributed by atoms with Crippen LogP contribution in [0, 0.1) is 0 Å². The van der Waals surface area contributed by atoms with Crippen LogP contribution in [0.5, 0.6) is 11.5 Å². The van der Waals surface area contributed by atoms with E-state index in [0.717, 1.165) is 33.5 Å². The Morgan fingerprint density at radius 1 is 1.14 bits per heavy atom. The Bertz CT molecular complexity index is 1110. The van der Waals surface area contributed by atoms with Crippen molar-refractivity contribution in [2.45, 2.75) is 25.4 Å². The van der Waals surface area contributed by atoms with Crippen LogP contribution >= 0.6 is 0 Å². The Balaban J connectivity index is 1.87. The van der Waals surface area contributed by atoms with E-state index in [2.05, 4.69) is 18.4 Å². The molecule has 0 bridgehead atoms. The first-order valence-electron chi connectivity index (χ1n) is 9.57. The molecule has 0 radical (unpaired) electrons. The maximum atomic E-state index is 13.4. The first-order valence-corrected chi connectivity index (χ1v) is 9.57. The number of carbonyl (C=O) groups excluding carboxylic acids is 1. The second-order valence-electron chi connectivity index (χ2n) is 7.97. The molecule has 1 atom stereocenters. The first kappa shape index (κ1) is 19.5. The van der Waals surface area contributed by atoms with E-state index in [1.165, 1.54) is 0 Å². The summed E-state index contributed by atoms with van der Waals surface area (Å²) in [4.78, 5) is 13.4. The SMILES string of the molecule is COc1ccc2c3c(n(C)c2c1)C(C)(C)c1cc(OC[C@@H](O)CO)ccc1C3=O. The summed E-state index contributed by atoms with van der Waals surface area (Å²) in [6.45, 7) is 3.82. The van der Waals surface area contributed by atoms with Gasteiger partial charge in [0.05, 0.1) is 24.8 Å². The average Bonchev–Trinajstić information content (AvgIpc) is 3.03. The highest BCUT2D eigenvalue weighted by Crippen LogP contribution is 2.46. The van der Waals surface area contributed by atoms with E-state index in [1.54, 1.807) is 19.2 Å². The monoisotopic (exact) mass is 395 g/mol. The van der Waals surface area contributed by atoms with Crippen molar-refractivity contribution in [2.75, 3.05) is 20.3 Å². The lowest BCUT2D eigenvalue weighted by Gasteiger charge is -2.34. The van der Waals surface area contributed by atoms with Gasteiger partial charge in [-0.05, 0) is 35.9 Å². The van der Waals surface area contributed by atoms with Gasteiger partial charge in [-0.2, -0.15) is 0 Å². The zero-order chi connectivity index (χ0) is 20.9. The number of nitrogens with zero attached hydrogens (tertiary/aromatic N) is 1. The Labute approximate surface area is 169 Å². The highest BCUT2D eigenvalue weighted by molar-refractivity contribution is 6.20. The third kappa shape index (κ3) is 2.91. The second kappa shape index (κ2) is 6.90. The predicted octanol–water partition coefficient (Wildman–Crippen LogP) is 2.79.